The molecule has 0 saturated carbocycles. The predicted octanol–water partition coefficient (Wildman–Crippen LogP) is 4.87. The first kappa shape index (κ1) is 33.4. The van der Waals surface area contributed by atoms with E-state index in [1.165, 1.54) is 24.3 Å². The number of terminal acetylenes is 1. The molecule has 5 aromatic rings. The molecule has 4 saturated heterocycles. The van der Waals surface area contributed by atoms with Crippen LogP contribution in [-0.4, -0.2) is 89.9 Å². The Labute approximate surface area is 304 Å². The molecular weight excluding hydrogens is 678 g/mol. The summed E-state index contributed by atoms with van der Waals surface area (Å²) in [4.78, 5) is 18.8. The minimum Gasteiger partial charge on any atom is -0.508 e. The molecule has 0 amide bonds. The van der Waals surface area contributed by atoms with E-state index in [0.29, 0.717) is 67.8 Å². The van der Waals surface area contributed by atoms with Crippen LogP contribution < -0.4 is 15.0 Å². The Morgan fingerprint density at radius 2 is 1.96 bits per heavy atom. The first-order valence-electron chi connectivity index (χ1n) is 18.3. The van der Waals surface area contributed by atoms with Gasteiger partial charge in [0.05, 0.1) is 34.8 Å². The van der Waals surface area contributed by atoms with Crippen LogP contribution in [-0.2, 0) is 13.0 Å². The molecule has 0 radical (unpaired) electrons. The highest BCUT2D eigenvalue weighted by Crippen LogP contribution is 2.44. The Hall–Kier alpha value is -5.44. The lowest BCUT2D eigenvalue weighted by atomic mass is 9.95. The molecule has 4 aliphatic rings. The van der Waals surface area contributed by atoms with Gasteiger partial charge in [-0.15, -0.1) is 11.5 Å². The lowest BCUT2D eigenvalue weighted by Gasteiger charge is -2.35. The highest BCUT2D eigenvalue weighted by atomic mass is 19.1. The average molecular weight is 717 g/mol. The molecule has 2 bridgehead atoms. The molecule has 0 unspecified atom stereocenters. The van der Waals surface area contributed by atoms with E-state index in [9.17, 15) is 9.50 Å². The molecule has 4 aliphatic heterocycles. The molecule has 7 heterocycles. The van der Waals surface area contributed by atoms with Crippen LogP contribution in [0.1, 0.15) is 56.2 Å². The van der Waals surface area contributed by atoms with Gasteiger partial charge in [0.1, 0.15) is 35.2 Å². The number of benzene rings is 2. The molecule has 2 N–H and O–H groups in total. The maximum absolute atomic E-state index is 17.0. The number of aryl methyl sites for hydroxylation is 1. The van der Waals surface area contributed by atoms with Crippen molar-refractivity contribution in [1.29, 1.82) is 5.26 Å². The number of aromatic hydroxyl groups is 1. The summed E-state index contributed by atoms with van der Waals surface area (Å²) in [5.41, 5.74) is 0.630. The summed E-state index contributed by atoms with van der Waals surface area (Å²) in [6, 6.07) is 8.62. The molecule has 0 aliphatic carbocycles. The van der Waals surface area contributed by atoms with Gasteiger partial charge >= 0.3 is 6.01 Å². The first-order valence-corrected chi connectivity index (χ1v) is 18.3. The quantitative estimate of drug-likeness (QED) is 0.202. The van der Waals surface area contributed by atoms with Crippen LogP contribution in [0.5, 0.6) is 11.8 Å². The Balaban J connectivity index is 1.07. The van der Waals surface area contributed by atoms with E-state index in [-0.39, 0.29) is 51.1 Å². The van der Waals surface area contributed by atoms with Crippen molar-refractivity contribution < 1.29 is 18.6 Å². The largest absolute Gasteiger partial charge is 0.508 e. The van der Waals surface area contributed by atoms with Gasteiger partial charge in [-0.3, -0.25) is 14.6 Å². The number of pyridine rings is 1. The van der Waals surface area contributed by atoms with Gasteiger partial charge in [0.2, 0.25) is 0 Å². The minimum absolute atomic E-state index is 0.0273. The summed E-state index contributed by atoms with van der Waals surface area (Å²) in [6.07, 6.45) is 16.2. The number of ether oxygens (including phenoxy) is 1. The van der Waals surface area contributed by atoms with Gasteiger partial charge in [0.15, 0.2) is 5.82 Å². The van der Waals surface area contributed by atoms with Crippen LogP contribution in [0, 0.1) is 35.3 Å². The Kier molecular flexibility index (Phi) is 8.32. The van der Waals surface area contributed by atoms with Gasteiger partial charge < -0.3 is 20.1 Å². The van der Waals surface area contributed by atoms with Gasteiger partial charge in [-0.05, 0) is 68.7 Å². The number of piperazine rings is 1. The number of hydrogen-bond donors (Lipinski definition) is 2. The van der Waals surface area contributed by atoms with Gasteiger partial charge in [0.25, 0.3) is 0 Å². The lowest BCUT2D eigenvalue weighted by molar-refractivity contribution is 0.0787. The molecule has 0 spiro atoms. The van der Waals surface area contributed by atoms with Crippen LogP contribution in [0.4, 0.5) is 14.6 Å². The standard InChI is InChI=1S/C39H38F2N10O2/c1-2-29-32(40)9-6-23-15-28(52)16-30(33(23)29)35-34(41)36-31(17-43-35)37(49-18-24-7-8-25(19-49)44-24)46-38(45-36)53-22-39-11-4-14-51(39)27(10-12-39)21-50-20-26(47-48-50)5-3-13-42/h1,6,9,15-17,20,24-25,27,44,52H,3-5,7-8,10-12,14,18-19,21-22H2/t24-,25+,27-,39-/m1/s1. The summed E-state index contributed by atoms with van der Waals surface area (Å²) in [5, 5.41) is 33.0. The number of nitriles is 1. The van der Waals surface area contributed by atoms with E-state index in [1.54, 1.807) is 6.20 Å². The molecule has 9 rings (SSSR count). The third kappa shape index (κ3) is 5.86. The number of rotatable bonds is 9. The normalized spacial score (nSPS) is 23.8. The summed E-state index contributed by atoms with van der Waals surface area (Å²) in [7, 11) is 0. The number of anilines is 1. The molecule has 4 fully saturated rings. The van der Waals surface area contributed by atoms with Crippen LogP contribution in [0.25, 0.3) is 32.9 Å². The van der Waals surface area contributed by atoms with Crippen molar-refractivity contribution in [3.63, 3.8) is 0 Å². The fourth-order valence-electron chi connectivity index (χ4n) is 9.18. The number of fused-ring (bicyclic) bond motifs is 5. The van der Waals surface area contributed by atoms with E-state index in [4.69, 9.17) is 21.4 Å². The summed E-state index contributed by atoms with van der Waals surface area (Å²) in [5.74, 6) is 1.45. The number of halogens is 2. The fraction of sp³-hybridized carbons (Fsp3) is 0.436. The number of phenolic OH excluding ortho intramolecular Hbond substituents is 1. The van der Waals surface area contributed by atoms with Crippen LogP contribution >= 0.6 is 0 Å². The van der Waals surface area contributed by atoms with Crippen LogP contribution in [0.15, 0.2) is 36.7 Å². The number of nitrogens with one attached hydrogen (secondary N) is 1. The zero-order valence-corrected chi connectivity index (χ0v) is 29.1. The lowest BCUT2D eigenvalue weighted by Crippen LogP contribution is -2.51. The molecule has 14 heteroatoms. The number of phenols is 1. The summed E-state index contributed by atoms with van der Waals surface area (Å²) >= 11 is 0. The summed E-state index contributed by atoms with van der Waals surface area (Å²) < 4.78 is 40.4. The first-order chi connectivity index (χ1) is 25.8. The highest BCUT2D eigenvalue weighted by Gasteiger charge is 2.50. The van der Waals surface area contributed by atoms with Crippen molar-refractivity contribution in [3.8, 4) is 41.4 Å². The highest BCUT2D eigenvalue weighted by molar-refractivity contribution is 6.03. The second kappa shape index (κ2) is 13.2. The smallest absolute Gasteiger partial charge is 0.319 e. The molecule has 270 valence electrons. The zero-order chi connectivity index (χ0) is 36.3. The molecular formula is C39H38F2N10O2. The fourth-order valence-corrected chi connectivity index (χ4v) is 9.18. The second-order valence-electron chi connectivity index (χ2n) is 14.8. The maximum Gasteiger partial charge on any atom is 0.319 e. The Morgan fingerprint density at radius 3 is 2.77 bits per heavy atom. The third-order valence-electron chi connectivity index (χ3n) is 11.6. The average Bonchev–Trinajstić information content (AvgIpc) is 3.95. The number of hydrogen-bond acceptors (Lipinski definition) is 11. The molecule has 3 aromatic heterocycles. The van der Waals surface area contributed by atoms with Crippen LogP contribution in [0.2, 0.25) is 0 Å². The van der Waals surface area contributed by atoms with E-state index < -0.39 is 11.6 Å². The third-order valence-corrected chi connectivity index (χ3v) is 11.6. The van der Waals surface area contributed by atoms with Gasteiger partial charge in [-0.2, -0.15) is 15.2 Å². The van der Waals surface area contributed by atoms with E-state index in [0.717, 1.165) is 50.8 Å². The maximum atomic E-state index is 17.0. The SMILES string of the molecule is C#Cc1c(F)ccc2cc(O)cc(-c3ncc4c(N5C[C@H]6CC[C@@H](C5)N6)nc(OC[C@]56CCCN5[C@@H](Cn5cc(CCC#N)nn5)CC6)nc4c3F)c12. The van der Waals surface area contributed by atoms with Gasteiger partial charge in [0, 0.05) is 67.4 Å². The monoisotopic (exact) mass is 716 g/mol. The topological polar surface area (TPSA) is 141 Å². The molecule has 4 atom stereocenters. The van der Waals surface area contributed by atoms with Crippen molar-refractivity contribution in [2.24, 2.45) is 0 Å². The van der Waals surface area contributed by atoms with Crippen LogP contribution in [0.3, 0.4) is 0 Å². The number of aromatic nitrogens is 6. The van der Waals surface area contributed by atoms with Crippen molar-refractivity contribution in [3.05, 3.63) is 59.6 Å². The predicted molar refractivity (Wildman–Crippen MR) is 193 cm³/mol. The van der Waals surface area contributed by atoms with Crippen molar-refractivity contribution in [2.75, 3.05) is 31.1 Å². The molecule has 2 aromatic carbocycles. The summed E-state index contributed by atoms with van der Waals surface area (Å²) in [6.45, 7) is 3.37. The van der Waals surface area contributed by atoms with Crippen molar-refractivity contribution >= 4 is 27.5 Å². The van der Waals surface area contributed by atoms with E-state index >= 15 is 4.39 Å². The zero-order valence-electron chi connectivity index (χ0n) is 29.1. The van der Waals surface area contributed by atoms with Gasteiger partial charge in [-0.1, -0.05) is 17.2 Å². The Bertz CT molecular complexity index is 2320. The van der Waals surface area contributed by atoms with E-state index in [1.807, 2.05) is 10.9 Å². The van der Waals surface area contributed by atoms with E-state index in [2.05, 4.69) is 47.4 Å². The van der Waals surface area contributed by atoms with Crippen molar-refractivity contribution in [2.45, 2.75) is 81.6 Å². The molecule has 53 heavy (non-hydrogen) atoms. The van der Waals surface area contributed by atoms with Gasteiger partial charge in [-0.25, -0.2) is 8.78 Å². The second-order valence-corrected chi connectivity index (χ2v) is 14.8. The Morgan fingerprint density at radius 1 is 1.11 bits per heavy atom. The minimum atomic E-state index is -0.739. The van der Waals surface area contributed by atoms with Crippen molar-refractivity contribution in [1.82, 2.24) is 40.2 Å². The molecule has 12 nitrogen and oxygen atoms in total. The number of nitrogens with zero attached hydrogens (tertiary/aromatic N) is 9.